The first kappa shape index (κ1) is 12.7. The molecule has 0 aromatic heterocycles. The molecule has 1 atom stereocenters. The summed E-state index contributed by atoms with van der Waals surface area (Å²) in [7, 11) is 0. The first-order chi connectivity index (χ1) is 7.26. The molecule has 0 N–H and O–H groups in total. The van der Waals surface area contributed by atoms with Gasteiger partial charge in [0, 0.05) is 4.47 Å². The van der Waals surface area contributed by atoms with Gasteiger partial charge in [-0.15, -0.1) is 0 Å². The Morgan fingerprint density at radius 3 is 2.40 bits per heavy atom. The summed E-state index contributed by atoms with van der Waals surface area (Å²) in [5.41, 5.74) is 1.24. The summed E-state index contributed by atoms with van der Waals surface area (Å²) in [5.74, 6) is 0. The maximum absolute atomic E-state index is 5.84. The Kier molecular flexibility index (Phi) is 5.96. The van der Waals surface area contributed by atoms with E-state index in [9.17, 15) is 0 Å². The van der Waals surface area contributed by atoms with E-state index in [2.05, 4.69) is 54.0 Å². The first-order valence-electron chi connectivity index (χ1n) is 5.62. The highest BCUT2D eigenvalue weighted by Crippen LogP contribution is 2.13. The molecule has 0 aliphatic heterocycles. The van der Waals surface area contributed by atoms with Crippen molar-refractivity contribution in [2.45, 2.75) is 45.8 Å². The number of ether oxygens (including phenoxy) is 1. The molecular weight excluding hydrogens is 252 g/mol. The molecule has 0 heterocycles. The van der Waals surface area contributed by atoms with Gasteiger partial charge in [-0.1, -0.05) is 48.3 Å². The molecule has 1 aromatic rings. The van der Waals surface area contributed by atoms with E-state index in [1.807, 2.05) is 0 Å². The van der Waals surface area contributed by atoms with Gasteiger partial charge in [0.05, 0.1) is 12.7 Å². The van der Waals surface area contributed by atoms with Crippen LogP contribution in [0.5, 0.6) is 0 Å². The summed E-state index contributed by atoms with van der Waals surface area (Å²) in [4.78, 5) is 0. The quantitative estimate of drug-likeness (QED) is 0.737. The van der Waals surface area contributed by atoms with Crippen LogP contribution in [0, 0.1) is 0 Å². The maximum Gasteiger partial charge on any atom is 0.0720 e. The Morgan fingerprint density at radius 1 is 1.20 bits per heavy atom. The fourth-order valence-electron chi connectivity index (χ4n) is 1.52. The van der Waals surface area contributed by atoms with Crippen molar-refractivity contribution in [3.8, 4) is 0 Å². The molecule has 2 heteroatoms. The molecule has 0 aliphatic carbocycles. The van der Waals surface area contributed by atoms with E-state index in [1.165, 1.54) is 12.0 Å². The topological polar surface area (TPSA) is 9.23 Å². The summed E-state index contributed by atoms with van der Waals surface area (Å²) in [6, 6.07) is 8.31. The van der Waals surface area contributed by atoms with Gasteiger partial charge in [0.1, 0.15) is 0 Å². The second-order valence-corrected chi connectivity index (χ2v) is 4.67. The van der Waals surface area contributed by atoms with Crippen LogP contribution in [0.15, 0.2) is 28.7 Å². The van der Waals surface area contributed by atoms with E-state index in [0.29, 0.717) is 6.10 Å². The summed E-state index contributed by atoms with van der Waals surface area (Å²) in [5, 5.41) is 0. The van der Waals surface area contributed by atoms with Crippen molar-refractivity contribution in [3.05, 3.63) is 34.3 Å². The minimum Gasteiger partial charge on any atom is -0.374 e. The molecule has 1 rings (SSSR count). The summed E-state index contributed by atoms with van der Waals surface area (Å²) < 4.78 is 6.96. The third-order valence-corrected chi connectivity index (χ3v) is 2.99. The molecule has 0 fully saturated rings. The van der Waals surface area contributed by atoms with E-state index in [1.54, 1.807) is 0 Å². The van der Waals surface area contributed by atoms with Crippen molar-refractivity contribution in [1.29, 1.82) is 0 Å². The van der Waals surface area contributed by atoms with Crippen LogP contribution in [0.4, 0.5) is 0 Å². The zero-order chi connectivity index (χ0) is 11.1. The van der Waals surface area contributed by atoms with Crippen molar-refractivity contribution >= 4 is 15.9 Å². The predicted molar refractivity (Wildman–Crippen MR) is 67.9 cm³/mol. The third-order valence-electron chi connectivity index (χ3n) is 2.46. The normalized spacial score (nSPS) is 12.7. The summed E-state index contributed by atoms with van der Waals surface area (Å²) >= 11 is 3.42. The van der Waals surface area contributed by atoms with Crippen LogP contribution in [-0.4, -0.2) is 6.10 Å². The standard InChI is InChI=1S/C13H19BrO/c1-3-5-13(4-2)15-10-11-6-8-12(14)9-7-11/h6-9,13H,3-5,10H2,1-2H3/t13-/m0/s1. The van der Waals surface area contributed by atoms with Crippen molar-refractivity contribution in [1.82, 2.24) is 0 Å². The number of rotatable bonds is 6. The molecule has 0 radical (unpaired) electrons. The van der Waals surface area contributed by atoms with Gasteiger partial charge in [0.25, 0.3) is 0 Å². The van der Waals surface area contributed by atoms with Crippen molar-refractivity contribution < 1.29 is 4.74 Å². The molecule has 0 bridgehead atoms. The Balaban J connectivity index is 2.38. The average molecular weight is 271 g/mol. The highest BCUT2D eigenvalue weighted by atomic mass is 79.9. The average Bonchev–Trinajstić information content (AvgIpc) is 2.26. The van der Waals surface area contributed by atoms with Gasteiger partial charge in [-0.2, -0.15) is 0 Å². The monoisotopic (exact) mass is 270 g/mol. The van der Waals surface area contributed by atoms with E-state index in [4.69, 9.17) is 4.74 Å². The highest BCUT2D eigenvalue weighted by molar-refractivity contribution is 9.10. The van der Waals surface area contributed by atoms with Crippen LogP contribution >= 0.6 is 15.9 Å². The number of benzene rings is 1. The van der Waals surface area contributed by atoms with E-state index >= 15 is 0 Å². The van der Waals surface area contributed by atoms with Gasteiger partial charge in [0.15, 0.2) is 0 Å². The van der Waals surface area contributed by atoms with Gasteiger partial charge >= 0.3 is 0 Å². The lowest BCUT2D eigenvalue weighted by Gasteiger charge is -2.15. The Morgan fingerprint density at radius 2 is 1.87 bits per heavy atom. The minimum atomic E-state index is 0.415. The van der Waals surface area contributed by atoms with Crippen molar-refractivity contribution in [2.75, 3.05) is 0 Å². The molecule has 0 aliphatic rings. The molecule has 0 amide bonds. The number of hydrogen-bond acceptors (Lipinski definition) is 1. The fourth-order valence-corrected chi connectivity index (χ4v) is 1.79. The van der Waals surface area contributed by atoms with Gasteiger partial charge in [-0.3, -0.25) is 0 Å². The maximum atomic E-state index is 5.84. The van der Waals surface area contributed by atoms with Crippen LogP contribution in [0.2, 0.25) is 0 Å². The minimum absolute atomic E-state index is 0.415. The lowest BCUT2D eigenvalue weighted by Crippen LogP contribution is -2.10. The van der Waals surface area contributed by atoms with Crippen LogP contribution in [-0.2, 0) is 11.3 Å². The van der Waals surface area contributed by atoms with Gasteiger partial charge in [-0.25, -0.2) is 0 Å². The molecule has 0 unspecified atom stereocenters. The second kappa shape index (κ2) is 7.02. The zero-order valence-corrected chi connectivity index (χ0v) is 11.1. The summed E-state index contributed by atoms with van der Waals surface area (Å²) in [6.07, 6.45) is 3.87. The van der Waals surface area contributed by atoms with E-state index < -0.39 is 0 Å². The lowest BCUT2D eigenvalue weighted by atomic mass is 10.1. The molecule has 1 nitrogen and oxygen atoms in total. The molecule has 0 saturated heterocycles. The smallest absolute Gasteiger partial charge is 0.0720 e. The molecule has 0 saturated carbocycles. The van der Waals surface area contributed by atoms with Crippen LogP contribution in [0.25, 0.3) is 0 Å². The van der Waals surface area contributed by atoms with Gasteiger partial charge in [0.2, 0.25) is 0 Å². The zero-order valence-electron chi connectivity index (χ0n) is 9.50. The fraction of sp³-hybridized carbons (Fsp3) is 0.538. The van der Waals surface area contributed by atoms with E-state index in [0.717, 1.165) is 23.9 Å². The summed E-state index contributed by atoms with van der Waals surface area (Å²) in [6.45, 7) is 5.11. The molecule has 84 valence electrons. The van der Waals surface area contributed by atoms with Gasteiger partial charge < -0.3 is 4.74 Å². The SMILES string of the molecule is CCC[C@H](CC)OCc1ccc(Br)cc1. The van der Waals surface area contributed by atoms with Gasteiger partial charge in [-0.05, 0) is 30.5 Å². The first-order valence-corrected chi connectivity index (χ1v) is 6.41. The lowest BCUT2D eigenvalue weighted by molar-refractivity contribution is 0.0322. The van der Waals surface area contributed by atoms with Crippen LogP contribution in [0.3, 0.4) is 0 Å². The Bertz CT molecular complexity index is 268. The Hall–Kier alpha value is -0.340. The van der Waals surface area contributed by atoms with Crippen molar-refractivity contribution in [3.63, 3.8) is 0 Å². The van der Waals surface area contributed by atoms with Crippen LogP contribution < -0.4 is 0 Å². The Labute approximate surface area is 101 Å². The highest BCUT2D eigenvalue weighted by Gasteiger charge is 2.04. The predicted octanol–water partition coefficient (Wildman–Crippen LogP) is 4.54. The number of halogens is 1. The molecule has 1 aromatic carbocycles. The molecular formula is C13H19BrO. The second-order valence-electron chi connectivity index (χ2n) is 3.76. The van der Waals surface area contributed by atoms with Crippen LogP contribution in [0.1, 0.15) is 38.7 Å². The van der Waals surface area contributed by atoms with E-state index in [-0.39, 0.29) is 0 Å². The number of hydrogen-bond donors (Lipinski definition) is 0. The molecule has 0 spiro atoms. The molecule has 15 heavy (non-hydrogen) atoms. The largest absolute Gasteiger partial charge is 0.374 e. The van der Waals surface area contributed by atoms with Crippen molar-refractivity contribution in [2.24, 2.45) is 0 Å². The third kappa shape index (κ3) is 4.80.